The van der Waals surface area contributed by atoms with Crippen molar-refractivity contribution in [2.45, 2.75) is 32.8 Å². The van der Waals surface area contributed by atoms with Crippen LogP contribution in [0.1, 0.15) is 30.9 Å². The van der Waals surface area contributed by atoms with Gasteiger partial charge in [-0.15, -0.1) is 0 Å². The van der Waals surface area contributed by atoms with Crippen LogP contribution in [0.5, 0.6) is 5.75 Å². The third-order valence-corrected chi connectivity index (χ3v) is 5.18. The lowest BCUT2D eigenvalue weighted by molar-refractivity contribution is -0.364. The third kappa shape index (κ3) is 5.44. The molecule has 1 aromatic heterocycles. The Balaban J connectivity index is 1.42. The van der Waals surface area contributed by atoms with Crippen LogP contribution in [0, 0.1) is 6.92 Å². The number of β-amino-alcohol motifs (C(OH)–C–C–N with tert-alkyl or cyclic N) is 1. The number of aromatic nitrogens is 1. The SMILES string of the molecule is Cc1cc(OC[C@H](O)CN2CCN(c3cccc[nH+]3)CC2)ccc1C(C)C. The predicted molar refractivity (Wildman–Crippen MR) is 108 cm³/mol. The summed E-state index contributed by atoms with van der Waals surface area (Å²) in [5.74, 6) is 2.50. The lowest BCUT2D eigenvalue weighted by Gasteiger charge is -2.32. The number of aryl methyl sites for hydroxylation is 1. The van der Waals surface area contributed by atoms with Gasteiger partial charge in [0.05, 0.1) is 19.3 Å². The summed E-state index contributed by atoms with van der Waals surface area (Å²) in [6.45, 7) is 11.3. The highest BCUT2D eigenvalue weighted by molar-refractivity contribution is 5.36. The van der Waals surface area contributed by atoms with Gasteiger partial charge in [0.25, 0.3) is 5.82 Å². The summed E-state index contributed by atoms with van der Waals surface area (Å²) in [5, 5.41) is 10.4. The van der Waals surface area contributed by atoms with Crippen LogP contribution in [0.2, 0.25) is 0 Å². The van der Waals surface area contributed by atoms with Gasteiger partial charge in [0.1, 0.15) is 18.5 Å². The maximum absolute atomic E-state index is 10.4. The molecule has 1 aliphatic rings. The first kappa shape index (κ1) is 19.6. The Morgan fingerprint density at radius 1 is 1.11 bits per heavy atom. The minimum Gasteiger partial charge on any atom is -0.491 e. The van der Waals surface area contributed by atoms with E-state index in [4.69, 9.17) is 4.74 Å². The molecule has 0 radical (unpaired) electrons. The van der Waals surface area contributed by atoms with E-state index in [9.17, 15) is 5.11 Å². The molecular weight excluding hydrogens is 338 g/mol. The highest BCUT2D eigenvalue weighted by Gasteiger charge is 2.24. The van der Waals surface area contributed by atoms with Gasteiger partial charge in [-0.25, -0.2) is 4.98 Å². The van der Waals surface area contributed by atoms with Crippen LogP contribution in [-0.2, 0) is 0 Å². The molecule has 3 rings (SSSR count). The number of aromatic amines is 1. The number of piperazine rings is 1. The lowest BCUT2D eigenvalue weighted by Crippen LogP contribution is -2.50. The van der Waals surface area contributed by atoms with Crippen molar-refractivity contribution >= 4 is 5.82 Å². The first-order valence-electron chi connectivity index (χ1n) is 9.88. The van der Waals surface area contributed by atoms with Crippen molar-refractivity contribution in [1.82, 2.24) is 4.90 Å². The highest BCUT2D eigenvalue weighted by atomic mass is 16.5. The number of H-pyrrole nitrogens is 1. The van der Waals surface area contributed by atoms with E-state index in [2.05, 4.69) is 59.8 Å². The Labute approximate surface area is 162 Å². The molecule has 27 heavy (non-hydrogen) atoms. The molecule has 5 heteroatoms. The average molecular weight is 371 g/mol. The molecule has 0 bridgehead atoms. The van der Waals surface area contributed by atoms with E-state index in [0.29, 0.717) is 19.1 Å². The molecule has 0 aliphatic carbocycles. The van der Waals surface area contributed by atoms with E-state index in [1.807, 2.05) is 18.3 Å². The van der Waals surface area contributed by atoms with Gasteiger partial charge in [-0.2, -0.15) is 0 Å². The van der Waals surface area contributed by atoms with Gasteiger partial charge < -0.3 is 9.84 Å². The number of hydrogen-bond acceptors (Lipinski definition) is 4. The maximum Gasteiger partial charge on any atom is 0.274 e. The zero-order chi connectivity index (χ0) is 19.2. The van der Waals surface area contributed by atoms with Gasteiger partial charge in [-0.3, -0.25) is 9.80 Å². The average Bonchev–Trinajstić information content (AvgIpc) is 2.67. The summed E-state index contributed by atoms with van der Waals surface area (Å²) in [6.07, 6.45) is 1.48. The molecule has 1 aromatic carbocycles. The number of benzene rings is 1. The topological polar surface area (TPSA) is 50.1 Å². The van der Waals surface area contributed by atoms with Gasteiger partial charge in [0.2, 0.25) is 0 Å². The van der Waals surface area contributed by atoms with E-state index >= 15 is 0 Å². The first-order valence-corrected chi connectivity index (χ1v) is 9.88. The van der Waals surface area contributed by atoms with Crippen molar-refractivity contribution in [3.8, 4) is 5.75 Å². The molecule has 0 amide bonds. The molecule has 0 saturated carbocycles. The van der Waals surface area contributed by atoms with Gasteiger partial charge >= 0.3 is 0 Å². The minimum absolute atomic E-state index is 0.327. The molecule has 5 nitrogen and oxygen atoms in total. The molecule has 1 atom stereocenters. The Morgan fingerprint density at radius 2 is 1.89 bits per heavy atom. The molecule has 1 saturated heterocycles. The summed E-state index contributed by atoms with van der Waals surface area (Å²) >= 11 is 0. The molecule has 0 unspecified atom stereocenters. The van der Waals surface area contributed by atoms with Gasteiger partial charge in [0, 0.05) is 25.7 Å². The number of nitrogens with zero attached hydrogens (tertiary/aromatic N) is 2. The lowest BCUT2D eigenvalue weighted by atomic mass is 9.98. The summed E-state index contributed by atoms with van der Waals surface area (Å²) < 4.78 is 5.82. The van der Waals surface area contributed by atoms with Gasteiger partial charge in [0.15, 0.2) is 0 Å². The molecule has 0 spiro atoms. The van der Waals surface area contributed by atoms with E-state index in [0.717, 1.165) is 37.7 Å². The summed E-state index contributed by atoms with van der Waals surface area (Å²) in [5.41, 5.74) is 2.59. The maximum atomic E-state index is 10.4. The second kappa shape index (κ2) is 9.20. The highest BCUT2D eigenvalue weighted by Crippen LogP contribution is 2.23. The fourth-order valence-electron chi connectivity index (χ4n) is 3.68. The van der Waals surface area contributed by atoms with Gasteiger partial charge in [-0.1, -0.05) is 26.0 Å². The zero-order valence-electron chi connectivity index (χ0n) is 16.7. The van der Waals surface area contributed by atoms with Crippen molar-refractivity contribution in [3.63, 3.8) is 0 Å². The van der Waals surface area contributed by atoms with E-state index < -0.39 is 6.10 Å². The number of ether oxygens (including phenoxy) is 1. The van der Waals surface area contributed by atoms with E-state index in [-0.39, 0.29) is 0 Å². The van der Waals surface area contributed by atoms with Crippen molar-refractivity contribution in [3.05, 3.63) is 53.7 Å². The minimum atomic E-state index is -0.482. The normalized spacial score (nSPS) is 16.6. The van der Waals surface area contributed by atoms with Crippen LogP contribution in [0.3, 0.4) is 0 Å². The van der Waals surface area contributed by atoms with Crippen LogP contribution in [0.4, 0.5) is 5.82 Å². The Hall–Kier alpha value is -2.11. The summed E-state index contributed by atoms with van der Waals surface area (Å²) in [4.78, 5) is 7.94. The monoisotopic (exact) mass is 370 g/mol. The fraction of sp³-hybridized carbons (Fsp3) is 0.500. The zero-order valence-corrected chi connectivity index (χ0v) is 16.7. The van der Waals surface area contributed by atoms with Crippen molar-refractivity contribution in [2.24, 2.45) is 0 Å². The molecular formula is C22H32N3O2+. The molecule has 2 heterocycles. The van der Waals surface area contributed by atoms with Crippen molar-refractivity contribution < 1.29 is 14.8 Å². The number of pyridine rings is 1. The van der Waals surface area contributed by atoms with Crippen LogP contribution in [0.15, 0.2) is 42.6 Å². The van der Waals surface area contributed by atoms with Crippen LogP contribution < -0.4 is 14.6 Å². The quantitative estimate of drug-likeness (QED) is 0.814. The molecule has 2 N–H and O–H groups in total. The fourth-order valence-corrected chi connectivity index (χ4v) is 3.68. The number of rotatable bonds is 7. The second-order valence-corrected chi connectivity index (χ2v) is 7.67. The number of aliphatic hydroxyl groups excluding tert-OH is 1. The third-order valence-electron chi connectivity index (χ3n) is 5.18. The smallest absolute Gasteiger partial charge is 0.274 e. The van der Waals surface area contributed by atoms with E-state index in [1.165, 1.54) is 11.1 Å². The predicted octanol–water partition coefficient (Wildman–Crippen LogP) is 2.49. The summed E-state index contributed by atoms with van der Waals surface area (Å²) in [6, 6.07) is 12.3. The van der Waals surface area contributed by atoms with Crippen LogP contribution >= 0.6 is 0 Å². The van der Waals surface area contributed by atoms with Crippen LogP contribution in [0.25, 0.3) is 0 Å². The second-order valence-electron chi connectivity index (χ2n) is 7.67. The van der Waals surface area contributed by atoms with Gasteiger partial charge in [-0.05, 0) is 42.2 Å². The molecule has 1 aliphatic heterocycles. The van der Waals surface area contributed by atoms with Crippen molar-refractivity contribution in [1.29, 1.82) is 0 Å². The standard InChI is InChI=1S/C22H31N3O2/c1-17(2)21-8-7-20(14-18(21)3)27-16-19(26)15-24-10-12-25(13-11-24)22-6-4-5-9-23-22/h4-9,14,17,19,26H,10-13,15-16H2,1-3H3/p+1/t19-/m1/s1. The van der Waals surface area contributed by atoms with Crippen molar-refractivity contribution in [2.75, 3.05) is 44.2 Å². The molecule has 1 fully saturated rings. The number of aliphatic hydroxyl groups is 1. The summed E-state index contributed by atoms with van der Waals surface area (Å²) in [7, 11) is 0. The number of nitrogens with one attached hydrogen (secondary N) is 1. The molecule has 146 valence electrons. The Morgan fingerprint density at radius 3 is 2.52 bits per heavy atom. The van der Waals surface area contributed by atoms with Crippen LogP contribution in [-0.4, -0.2) is 55.4 Å². The number of hydrogen-bond donors (Lipinski definition) is 1. The Kier molecular flexibility index (Phi) is 6.69. The first-order chi connectivity index (χ1) is 13.0. The Bertz CT molecular complexity index is 713. The number of anilines is 1. The van der Waals surface area contributed by atoms with E-state index in [1.54, 1.807) is 0 Å². The molecule has 2 aromatic rings. The largest absolute Gasteiger partial charge is 0.491 e.